The van der Waals surface area contributed by atoms with Crippen LogP contribution in [-0.2, 0) is 13.0 Å². The largest absolute Gasteiger partial charge is 0.394 e. The van der Waals surface area contributed by atoms with Crippen molar-refractivity contribution in [3.8, 4) is 0 Å². The molecular formula is C17H21ClN4O. The molecule has 2 heterocycles. The summed E-state index contributed by atoms with van der Waals surface area (Å²) in [5.41, 5.74) is 3.51. The standard InChI is InChI=1S/C17H21ClN4O/c1-11-7-16(21-17(19-11)20-12(2)10-23)22-6-5-13-8-15(18)4-3-14(13)9-22/h3-4,7-8,12,23H,5-6,9-10H2,1-2H3,(H,19,20,21)/t12-/m1/s1. The molecule has 0 amide bonds. The summed E-state index contributed by atoms with van der Waals surface area (Å²) in [4.78, 5) is 11.2. The third-order valence-electron chi connectivity index (χ3n) is 3.99. The Hall–Kier alpha value is -1.85. The average Bonchev–Trinajstić information content (AvgIpc) is 2.53. The lowest BCUT2D eigenvalue weighted by molar-refractivity contribution is 0.281. The van der Waals surface area contributed by atoms with Crippen molar-refractivity contribution >= 4 is 23.4 Å². The SMILES string of the molecule is Cc1cc(N2CCc3cc(Cl)ccc3C2)nc(N[C@H](C)CO)n1. The number of aliphatic hydroxyl groups excluding tert-OH is 1. The van der Waals surface area contributed by atoms with E-state index in [1.54, 1.807) is 0 Å². The summed E-state index contributed by atoms with van der Waals surface area (Å²) in [6.07, 6.45) is 0.953. The number of benzene rings is 1. The first-order valence-corrected chi connectivity index (χ1v) is 8.18. The molecule has 0 bridgehead atoms. The lowest BCUT2D eigenvalue weighted by atomic mass is 10.00. The van der Waals surface area contributed by atoms with E-state index in [-0.39, 0.29) is 12.6 Å². The van der Waals surface area contributed by atoms with E-state index < -0.39 is 0 Å². The summed E-state index contributed by atoms with van der Waals surface area (Å²) >= 11 is 6.07. The maximum atomic E-state index is 9.18. The van der Waals surface area contributed by atoms with Gasteiger partial charge >= 0.3 is 0 Å². The van der Waals surface area contributed by atoms with Crippen molar-refractivity contribution in [1.82, 2.24) is 9.97 Å². The molecule has 6 heteroatoms. The number of aliphatic hydroxyl groups is 1. The van der Waals surface area contributed by atoms with Crippen LogP contribution < -0.4 is 10.2 Å². The van der Waals surface area contributed by atoms with E-state index in [9.17, 15) is 5.11 Å². The first-order chi connectivity index (χ1) is 11.0. The summed E-state index contributed by atoms with van der Waals surface area (Å²) in [5, 5.41) is 13.1. The molecule has 1 atom stereocenters. The van der Waals surface area contributed by atoms with Crippen LogP contribution in [0, 0.1) is 6.92 Å². The van der Waals surface area contributed by atoms with E-state index in [2.05, 4.69) is 32.3 Å². The lowest BCUT2D eigenvalue weighted by Gasteiger charge is -2.30. The van der Waals surface area contributed by atoms with Crippen LogP contribution >= 0.6 is 11.6 Å². The van der Waals surface area contributed by atoms with Crippen molar-refractivity contribution < 1.29 is 5.11 Å². The quantitative estimate of drug-likeness (QED) is 0.901. The molecule has 122 valence electrons. The molecule has 2 N–H and O–H groups in total. The zero-order valence-corrected chi connectivity index (χ0v) is 14.1. The molecule has 0 spiro atoms. The van der Waals surface area contributed by atoms with Crippen LogP contribution in [-0.4, -0.2) is 34.3 Å². The second kappa shape index (κ2) is 6.72. The van der Waals surface area contributed by atoms with Crippen molar-refractivity contribution in [3.05, 3.63) is 46.1 Å². The van der Waals surface area contributed by atoms with Gasteiger partial charge in [-0.3, -0.25) is 0 Å². The second-order valence-electron chi connectivity index (χ2n) is 6.00. The smallest absolute Gasteiger partial charge is 0.225 e. The first kappa shape index (κ1) is 16.0. The summed E-state index contributed by atoms with van der Waals surface area (Å²) < 4.78 is 0. The van der Waals surface area contributed by atoms with Gasteiger partial charge in [0.15, 0.2) is 0 Å². The van der Waals surface area contributed by atoms with E-state index in [4.69, 9.17) is 11.6 Å². The van der Waals surface area contributed by atoms with Crippen molar-refractivity contribution in [2.45, 2.75) is 32.9 Å². The second-order valence-corrected chi connectivity index (χ2v) is 6.44. The minimum absolute atomic E-state index is 0.0461. The van der Waals surface area contributed by atoms with Gasteiger partial charge in [0.2, 0.25) is 5.95 Å². The van der Waals surface area contributed by atoms with Gasteiger partial charge in [0, 0.05) is 35.9 Å². The number of hydrogen-bond donors (Lipinski definition) is 2. The van der Waals surface area contributed by atoms with Gasteiger partial charge in [0.05, 0.1) is 6.61 Å². The van der Waals surface area contributed by atoms with Crippen LogP contribution in [0.15, 0.2) is 24.3 Å². The summed E-state index contributed by atoms with van der Waals surface area (Å²) in [6, 6.07) is 8.00. The number of anilines is 2. The summed E-state index contributed by atoms with van der Waals surface area (Å²) in [6.45, 7) is 5.62. The topological polar surface area (TPSA) is 61.3 Å². The molecule has 5 nitrogen and oxygen atoms in total. The molecule has 1 aliphatic rings. The molecule has 23 heavy (non-hydrogen) atoms. The highest BCUT2D eigenvalue weighted by molar-refractivity contribution is 6.30. The molecule has 1 aromatic heterocycles. The Balaban J connectivity index is 1.83. The molecule has 0 saturated carbocycles. The van der Waals surface area contributed by atoms with Crippen LogP contribution in [0.5, 0.6) is 0 Å². The van der Waals surface area contributed by atoms with Crippen LogP contribution in [0.2, 0.25) is 5.02 Å². The fraction of sp³-hybridized carbons (Fsp3) is 0.412. The number of nitrogens with one attached hydrogen (secondary N) is 1. The number of fused-ring (bicyclic) bond motifs is 1. The minimum Gasteiger partial charge on any atom is -0.394 e. The van der Waals surface area contributed by atoms with Crippen molar-refractivity contribution in [3.63, 3.8) is 0 Å². The zero-order valence-electron chi connectivity index (χ0n) is 13.4. The third-order valence-corrected chi connectivity index (χ3v) is 4.23. The van der Waals surface area contributed by atoms with Gasteiger partial charge < -0.3 is 15.3 Å². The Morgan fingerprint density at radius 1 is 1.30 bits per heavy atom. The van der Waals surface area contributed by atoms with E-state index >= 15 is 0 Å². The van der Waals surface area contributed by atoms with Crippen LogP contribution in [0.25, 0.3) is 0 Å². The van der Waals surface area contributed by atoms with Gasteiger partial charge in [-0.1, -0.05) is 17.7 Å². The van der Waals surface area contributed by atoms with Gasteiger partial charge in [0.25, 0.3) is 0 Å². The fourth-order valence-electron chi connectivity index (χ4n) is 2.76. The molecular weight excluding hydrogens is 312 g/mol. The van der Waals surface area contributed by atoms with Crippen LogP contribution in [0.3, 0.4) is 0 Å². The van der Waals surface area contributed by atoms with Gasteiger partial charge in [-0.25, -0.2) is 4.98 Å². The molecule has 1 aliphatic heterocycles. The number of hydrogen-bond acceptors (Lipinski definition) is 5. The molecule has 0 unspecified atom stereocenters. The Labute approximate surface area is 141 Å². The molecule has 1 aromatic carbocycles. The van der Waals surface area contributed by atoms with Gasteiger partial charge in [-0.15, -0.1) is 0 Å². The highest BCUT2D eigenvalue weighted by Gasteiger charge is 2.19. The number of aromatic nitrogens is 2. The summed E-state index contributed by atoms with van der Waals surface area (Å²) in [7, 11) is 0. The van der Waals surface area contributed by atoms with E-state index in [0.717, 1.165) is 36.0 Å². The lowest BCUT2D eigenvalue weighted by Crippen LogP contribution is -2.31. The maximum absolute atomic E-state index is 9.18. The van der Waals surface area contributed by atoms with E-state index in [1.807, 2.05) is 26.0 Å². The Morgan fingerprint density at radius 3 is 2.91 bits per heavy atom. The van der Waals surface area contributed by atoms with Gasteiger partial charge in [-0.05, 0) is 43.5 Å². The molecule has 0 radical (unpaired) electrons. The predicted octanol–water partition coefficient (Wildman–Crippen LogP) is 2.79. The van der Waals surface area contributed by atoms with Crippen molar-refractivity contribution in [2.24, 2.45) is 0 Å². The fourth-order valence-corrected chi connectivity index (χ4v) is 2.96. The molecule has 3 rings (SSSR count). The number of halogens is 1. The summed E-state index contributed by atoms with van der Waals surface area (Å²) in [5.74, 6) is 1.47. The maximum Gasteiger partial charge on any atom is 0.225 e. The van der Waals surface area contributed by atoms with Crippen molar-refractivity contribution in [1.29, 1.82) is 0 Å². The zero-order chi connectivity index (χ0) is 16.4. The van der Waals surface area contributed by atoms with Crippen LogP contribution in [0.1, 0.15) is 23.7 Å². The number of aryl methyl sites for hydroxylation is 1. The molecule has 2 aromatic rings. The van der Waals surface area contributed by atoms with Crippen LogP contribution in [0.4, 0.5) is 11.8 Å². The predicted molar refractivity (Wildman–Crippen MR) is 93.1 cm³/mol. The Bertz CT molecular complexity index is 707. The Morgan fingerprint density at radius 2 is 2.13 bits per heavy atom. The van der Waals surface area contributed by atoms with Gasteiger partial charge in [0.1, 0.15) is 5.82 Å². The third kappa shape index (κ3) is 3.74. The Kier molecular flexibility index (Phi) is 4.68. The monoisotopic (exact) mass is 332 g/mol. The van der Waals surface area contributed by atoms with E-state index in [0.29, 0.717) is 5.95 Å². The normalized spacial score (nSPS) is 15.2. The van der Waals surface area contributed by atoms with Crippen molar-refractivity contribution in [2.75, 3.05) is 23.4 Å². The molecule has 0 saturated heterocycles. The highest BCUT2D eigenvalue weighted by atomic mass is 35.5. The minimum atomic E-state index is -0.0751. The first-order valence-electron chi connectivity index (χ1n) is 7.80. The number of rotatable bonds is 4. The molecule has 0 fully saturated rings. The molecule has 0 aliphatic carbocycles. The van der Waals surface area contributed by atoms with E-state index in [1.165, 1.54) is 11.1 Å². The highest BCUT2D eigenvalue weighted by Crippen LogP contribution is 2.26. The average molecular weight is 333 g/mol. The van der Waals surface area contributed by atoms with Gasteiger partial charge in [-0.2, -0.15) is 4.98 Å². The number of nitrogens with zero attached hydrogens (tertiary/aromatic N) is 3.